The maximum Gasteiger partial charge on any atom is 0.339 e. The molecule has 0 bridgehead atoms. The fraction of sp³-hybridized carbons (Fsp3) is 0.0870. The van der Waals surface area contributed by atoms with Crippen LogP contribution in [0.4, 0.5) is 11.4 Å². The number of hydrogen-bond donors (Lipinski definition) is 2. The smallest absolute Gasteiger partial charge is 0.339 e. The number of aromatic carboxylic acids is 1. The Balaban J connectivity index is 1.96. The third kappa shape index (κ3) is 6.05. The van der Waals surface area contributed by atoms with Crippen molar-refractivity contribution in [2.45, 2.75) is 6.92 Å². The van der Waals surface area contributed by atoms with Gasteiger partial charge in [0.05, 0.1) is 38.4 Å². The first kappa shape index (κ1) is 25.5. The van der Waals surface area contributed by atoms with Gasteiger partial charge in [0.25, 0.3) is 11.6 Å². The molecule has 0 aromatic heterocycles. The molecule has 0 aliphatic carbocycles. The van der Waals surface area contributed by atoms with E-state index in [0.29, 0.717) is 0 Å². The number of halogens is 2. The van der Waals surface area contributed by atoms with E-state index in [0.717, 1.165) is 12.1 Å². The highest BCUT2D eigenvalue weighted by Gasteiger charge is 2.20. The van der Waals surface area contributed by atoms with Crippen molar-refractivity contribution in [2.24, 2.45) is 0 Å². The van der Waals surface area contributed by atoms with Crippen molar-refractivity contribution in [3.8, 4) is 11.5 Å². The van der Waals surface area contributed by atoms with E-state index in [9.17, 15) is 29.6 Å². The van der Waals surface area contributed by atoms with Crippen LogP contribution in [0.15, 0.2) is 54.6 Å². The molecule has 3 aromatic carbocycles. The predicted octanol–water partition coefficient (Wildman–Crippen LogP) is 5.82. The quantitative estimate of drug-likeness (QED) is 0.215. The fourth-order valence-electron chi connectivity index (χ4n) is 2.94. The first-order chi connectivity index (χ1) is 16.6. The molecule has 0 spiro atoms. The van der Waals surface area contributed by atoms with Crippen molar-refractivity contribution in [1.82, 2.24) is 0 Å². The first-order valence-electron chi connectivity index (χ1n) is 9.87. The number of amides is 1. The molecular formula is C23H16Cl2N2O8. The molecule has 0 aliphatic heterocycles. The molecule has 35 heavy (non-hydrogen) atoms. The molecule has 12 heteroatoms. The third-order valence-electron chi connectivity index (χ3n) is 4.53. The molecule has 10 nitrogen and oxygen atoms in total. The lowest BCUT2D eigenvalue weighted by Gasteiger charge is -2.15. The zero-order chi connectivity index (χ0) is 25.7. The van der Waals surface area contributed by atoms with Gasteiger partial charge in [0, 0.05) is 23.8 Å². The Morgan fingerprint density at radius 2 is 1.74 bits per heavy atom. The van der Waals surface area contributed by atoms with E-state index >= 15 is 0 Å². The number of carbonyl (C=O) groups is 3. The SMILES string of the molecule is CCOC(=O)c1ccc(Oc2cc(Cl)c(Cl)cc2NC(=O)c2cccc([N+](=O)[O-])c2)cc1C(=O)O. The average molecular weight is 519 g/mol. The number of nitro groups is 1. The highest BCUT2D eigenvalue weighted by molar-refractivity contribution is 6.42. The van der Waals surface area contributed by atoms with Crippen LogP contribution < -0.4 is 10.1 Å². The van der Waals surface area contributed by atoms with E-state index in [1.165, 1.54) is 42.5 Å². The summed E-state index contributed by atoms with van der Waals surface area (Å²) in [5.74, 6) is -2.87. The lowest BCUT2D eigenvalue weighted by atomic mass is 10.1. The van der Waals surface area contributed by atoms with Crippen molar-refractivity contribution in [1.29, 1.82) is 0 Å². The summed E-state index contributed by atoms with van der Waals surface area (Å²) in [5, 5.41) is 23.2. The summed E-state index contributed by atoms with van der Waals surface area (Å²) >= 11 is 12.2. The second-order valence-corrected chi connectivity index (χ2v) is 7.67. The molecule has 0 aliphatic rings. The number of carbonyl (C=O) groups excluding carboxylic acids is 2. The minimum absolute atomic E-state index is 0.00148. The summed E-state index contributed by atoms with van der Waals surface area (Å²) < 4.78 is 10.6. The minimum atomic E-state index is -1.38. The van der Waals surface area contributed by atoms with Gasteiger partial charge in [-0.25, -0.2) is 9.59 Å². The summed E-state index contributed by atoms with van der Waals surface area (Å²) in [6.07, 6.45) is 0. The predicted molar refractivity (Wildman–Crippen MR) is 127 cm³/mol. The van der Waals surface area contributed by atoms with Crippen LogP contribution in [0, 0.1) is 10.1 Å². The molecule has 1 amide bonds. The van der Waals surface area contributed by atoms with Crippen molar-refractivity contribution in [3.63, 3.8) is 0 Å². The molecule has 0 heterocycles. The number of nitrogens with one attached hydrogen (secondary N) is 1. The molecule has 0 atom stereocenters. The molecule has 3 aromatic rings. The number of benzene rings is 3. The zero-order valence-electron chi connectivity index (χ0n) is 17.9. The van der Waals surface area contributed by atoms with E-state index in [1.807, 2.05) is 0 Å². The third-order valence-corrected chi connectivity index (χ3v) is 5.26. The van der Waals surface area contributed by atoms with Crippen LogP contribution in [-0.2, 0) is 4.74 Å². The van der Waals surface area contributed by atoms with Gasteiger partial charge in [0.15, 0.2) is 5.75 Å². The van der Waals surface area contributed by atoms with Crippen LogP contribution in [0.25, 0.3) is 0 Å². The Labute approximate surface area is 208 Å². The average Bonchev–Trinajstić information content (AvgIpc) is 2.82. The van der Waals surface area contributed by atoms with E-state index in [2.05, 4.69) is 5.32 Å². The summed E-state index contributed by atoms with van der Waals surface area (Å²) in [7, 11) is 0. The molecule has 3 rings (SSSR count). The number of ether oxygens (including phenoxy) is 2. The van der Waals surface area contributed by atoms with Gasteiger partial charge in [-0.3, -0.25) is 14.9 Å². The van der Waals surface area contributed by atoms with Crippen LogP contribution in [0.5, 0.6) is 11.5 Å². The van der Waals surface area contributed by atoms with Crippen molar-refractivity contribution in [2.75, 3.05) is 11.9 Å². The summed E-state index contributed by atoms with van der Waals surface area (Å²) in [6.45, 7) is 1.65. The van der Waals surface area contributed by atoms with E-state index < -0.39 is 22.8 Å². The number of nitro benzene ring substituents is 1. The van der Waals surface area contributed by atoms with Crippen LogP contribution in [0.3, 0.4) is 0 Å². The number of carboxylic acids is 1. The van der Waals surface area contributed by atoms with Crippen LogP contribution >= 0.6 is 23.2 Å². The van der Waals surface area contributed by atoms with Crippen molar-refractivity contribution in [3.05, 3.63) is 91.4 Å². The van der Waals surface area contributed by atoms with Gasteiger partial charge in [-0.2, -0.15) is 0 Å². The minimum Gasteiger partial charge on any atom is -0.478 e. The van der Waals surface area contributed by atoms with Crippen LogP contribution in [-0.4, -0.2) is 34.5 Å². The van der Waals surface area contributed by atoms with Gasteiger partial charge >= 0.3 is 11.9 Å². The molecule has 0 unspecified atom stereocenters. The Kier molecular flexibility index (Phi) is 7.90. The summed E-state index contributed by atoms with van der Waals surface area (Å²) in [5.41, 5.74) is -0.736. The molecule has 180 valence electrons. The Hall–Kier alpha value is -4.15. The second-order valence-electron chi connectivity index (χ2n) is 6.86. The van der Waals surface area contributed by atoms with Crippen molar-refractivity contribution < 1.29 is 33.9 Å². The number of non-ortho nitro benzene ring substituents is 1. The van der Waals surface area contributed by atoms with E-state index in [-0.39, 0.29) is 56.2 Å². The Morgan fingerprint density at radius 3 is 2.40 bits per heavy atom. The van der Waals surface area contributed by atoms with Gasteiger partial charge in [-0.1, -0.05) is 29.3 Å². The maximum absolute atomic E-state index is 12.7. The number of hydrogen-bond acceptors (Lipinski definition) is 7. The van der Waals surface area contributed by atoms with Gasteiger partial charge in [0.2, 0.25) is 0 Å². The van der Waals surface area contributed by atoms with E-state index in [4.69, 9.17) is 32.7 Å². The van der Waals surface area contributed by atoms with Gasteiger partial charge < -0.3 is 19.9 Å². The molecule has 2 N–H and O–H groups in total. The number of nitrogens with zero attached hydrogens (tertiary/aromatic N) is 1. The highest BCUT2D eigenvalue weighted by Crippen LogP contribution is 2.37. The second kappa shape index (κ2) is 10.9. The molecular weight excluding hydrogens is 503 g/mol. The largest absolute Gasteiger partial charge is 0.478 e. The lowest BCUT2D eigenvalue weighted by Crippen LogP contribution is -2.13. The molecule has 0 fully saturated rings. The number of rotatable bonds is 8. The van der Waals surface area contributed by atoms with E-state index in [1.54, 1.807) is 6.92 Å². The topological polar surface area (TPSA) is 145 Å². The first-order valence-corrected chi connectivity index (χ1v) is 10.6. The molecule has 0 saturated heterocycles. The number of carboxylic acid groups (broad SMARTS) is 1. The maximum atomic E-state index is 12.7. The van der Waals surface area contributed by atoms with Crippen molar-refractivity contribution >= 4 is 52.4 Å². The standard InChI is InChI=1S/C23H16Cl2N2O8/c1-2-34-23(31)15-7-6-14(9-16(15)22(29)30)35-20-11-18(25)17(24)10-19(20)26-21(28)12-4-3-5-13(8-12)27(32)33/h3-11H,2H2,1H3,(H,26,28)(H,29,30). The van der Waals surface area contributed by atoms with Crippen LogP contribution in [0.2, 0.25) is 10.0 Å². The highest BCUT2D eigenvalue weighted by atomic mass is 35.5. The number of esters is 1. The van der Waals surface area contributed by atoms with Gasteiger partial charge in [0.1, 0.15) is 5.75 Å². The fourth-order valence-corrected chi connectivity index (χ4v) is 3.26. The molecule has 0 radical (unpaired) electrons. The Bertz CT molecular complexity index is 1340. The summed E-state index contributed by atoms with van der Waals surface area (Å²) in [4.78, 5) is 46.8. The molecule has 0 saturated carbocycles. The Morgan fingerprint density at radius 1 is 1.03 bits per heavy atom. The monoisotopic (exact) mass is 518 g/mol. The lowest BCUT2D eigenvalue weighted by molar-refractivity contribution is -0.384. The van der Waals surface area contributed by atoms with Crippen LogP contribution in [0.1, 0.15) is 38.0 Å². The van der Waals surface area contributed by atoms with Gasteiger partial charge in [-0.15, -0.1) is 0 Å². The zero-order valence-corrected chi connectivity index (χ0v) is 19.4. The van der Waals surface area contributed by atoms with Gasteiger partial charge in [-0.05, 0) is 37.3 Å². The number of anilines is 1. The summed E-state index contributed by atoms with van der Waals surface area (Å²) in [6, 6.07) is 11.4. The normalized spacial score (nSPS) is 10.4.